The SMILES string of the molecule is CCC(C)(NC(=O)C=Cc1ccc(C)c(Cl)c1)C(=O)O. The van der Waals surface area contributed by atoms with Gasteiger partial charge in [0.2, 0.25) is 5.91 Å². The molecule has 1 rings (SSSR count). The van der Waals surface area contributed by atoms with Crippen LogP contribution in [-0.4, -0.2) is 22.5 Å². The predicted molar refractivity (Wildman–Crippen MR) is 79.7 cm³/mol. The van der Waals surface area contributed by atoms with Crippen LogP contribution in [0.15, 0.2) is 24.3 Å². The highest BCUT2D eigenvalue weighted by Crippen LogP contribution is 2.17. The maximum atomic E-state index is 11.8. The van der Waals surface area contributed by atoms with Crippen LogP contribution in [0.1, 0.15) is 31.4 Å². The van der Waals surface area contributed by atoms with Crippen molar-refractivity contribution in [1.29, 1.82) is 0 Å². The Kier molecular flexibility index (Phi) is 5.34. The summed E-state index contributed by atoms with van der Waals surface area (Å²) < 4.78 is 0. The first-order chi connectivity index (χ1) is 9.28. The molecule has 20 heavy (non-hydrogen) atoms. The minimum Gasteiger partial charge on any atom is -0.480 e. The van der Waals surface area contributed by atoms with Crippen LogP contribution in [0.5, 0.6) is 0 Å². The van der Waals surface area contributed by atoms with Crippen molar-refractivity contribution in [3.63, 3.8) is 0 Å². The first kappa shape index (κ1) is 16.2. The van der Waals surface area contributed by atoms with Crippen LogP contribution in [0.2, 0.25) is 5.02 Å². The summed E-state index contributed by atoms with van der Waals surface area (Å²) in [5.74, 6) is -1.51. The number of benzene rings is 1. The topological polar surface area (TPSA) is 66.4 Å². The molecule has 0 saturated heterocycles. The summed E-state index contributed by atoms with van der Waals surface area (Å²) in [5.41, 5.74) is 0.480. The standard InChI is InChI=1S/C15H18ClNO3/c1-4-15(3,14(19)20)17-13(18)8-7-11-6-5-10(2)12(16)9-11/h5-9H,4H2,1-3H3,(H,17,18)(H,19,20). The van der Waals surface area contributed by atoms with E-state index in [1.165, 1.54) is 13.0 Å². The van der Waals surface area contributed by atoms with Crippen molar-refractivity contribution < 1.29 is 14.7 Å². The van der Waals surface area contributed by atoms with Gasteiger partial charge in [-0.3, -0.25) is 4.79 Å². The maximum Gasteiger partial charge on any atom is 0.329 e. The van der Waals surface area contributed by atoms with Crippen LogP contribution in [0.25, 0.3) is 6.08 Å². The number of carboxylic acids is 1. The number of nitrogens with one attached hydrogen (secondary N) is 1. The molecule has 0 aliphatic heterocycles. The van der Waals surface area contributed by atoms with Crippen LogP contribution in [0.3, 0.4) is 0 Å². The summed E-state index contributed by atoms with van der Waals surface area (Å²) >= 11 is 5.99. The monoisotopic (exact) mass is 295 g/mol. The van der Waals surface area contributed by atoms with Crippen molar-refractivity contribution in [2.45, 2.75) is 32.7 Å². The second-order valence-corrected chi connectivity index (χ2v) is 5.23. The van der Waals surface area contributed by atoms with Gasteiger partial charge < -0.3 is 10.4 Å². The molecular formula is C15H18ClNO3. The van der Waals surface area contributed by atoms with Crippen molar-refractivity contribution >= 4 is 29.6 Å². The molecule has 2 N–H and O–H groups in total. The van der Waals surface area contributed by atoms with Crippen LogP contribution >= 0.6 is 11.6 Å². The van der Waals surface area contributed by atoms with E-state index >= 15 is 0 Å². The van der Waals surface area contributed by atoms with Crippen LogP contribution in [0.4, 0.5) is 0 Å². The summed E-state index contributed by atoms with van der Waals surface area (Å²) in [7, 11) is 0. The molecule has 1 amide bonds. The minimum atomic E-state index is -1.26. The molecule has 4 nitrogen and oxygen atoms in total. The molecule has 1 aromatic carbocycles. The van der Waals surface area contributed by atoms with E-state index < -0.39 is 17.4 Å². The van der Waals surface area contributed by atoms with Crippen molar-refractivity contribution in [1.82, 2.24) is 5.32 Å². The second-order valence-electron chi connectivity index (χ2n) is 4.82. The van der Waals surface area contributed by atoms with E-state index in [2.05, 4.69) is 5.32 Å². The lowest BCUT2D eigenvalue weighted by Gasteiger charge is -2.23. The van der Waals surface area contributed by atoms with Crippen molar-refractivity contribution in [3.8, 4) is 0 Å². The highest BCUT2D eigenvalue weighted by molar-refractivity contribution is 6.31. The molecule has 0 aromatic heterocycles. The lowest BCUT2D eigenvalue weighted by Crippen LogP contribution is -2.51. The molecule has 0 spiro atoms. The minimum absolute atomic E-state index is 0.304. The van der Waals surface area contributed by atoms with Gasteiger partial charge in [0.1, 0.15) is 5.54 Å². The molecular weight excluding hydrogens is 278 g/mol. The largest absolute Gasteiger partial charge is 0.480 e. The summed E-state index contributed by atoms with van der Waals surface area (Å²) in [6.45, 7) is 5.07. The zero-order valence-corrected chi connectivity index (χ0v) is 12.5. The third-order valence-corrected chi connectivity index (χ3v) is 3.61. The van der Waals surface area contributed by atoms with Gasteiger partial charge in [-0.25, -0.2) is 4.79 Å². The summed E-state index contributed by atoms with van der Waals surface area (Å²) in [4.78, 5) is 22.8. The number of halogens is 1. The lowest BCUT2D eigenvalue weighted by atomic mass is 9.99. The van der Waals surface area contributed by atoms with Crippen LogP contribution < -0.4 is 5.32 Å². The molecule has 1 atom stereocenters. The summed E-state index contributed by atoms with van der Waals surface area (Å²) in [6, 6.07) is 5.44. The number of carboxylic acid groups (broad SMARTS) is 1. The van der Waals surface area contributed by atoms with Gasteiger partial charge in [0.25, 0.3) is 0 Å². The van der Waals surface area contributed by atoms with Crippen LogP contribution in [0, 0.1) is 6.92 Å². The Bertz CT molecular complexity index is 554. The quantitative estimate of drug-likeness (QED) is 0.821. The Morgan fingerprint density at radius 2 is 2.10 bits per heavy atom. The average molecular weight is 296 g/mol. The molecule has 0 radical (unpaired) electrons. The number of hydrogen-bond acceptors (Lipinski definition) is 2. The number of aryl methyl sites for hydroxylation is 1. The lowest BCUT2D eigenvalue weighted by molar-refractivity contribution is -0.146. The summed E-state index contributed by atoms with van der Waals surface area (Å²) in [5, 5.41) is 12.2. The molecule has 0 bridgehead atoms. The third-order valence-electron chi connectivity index (χ3n) is 3.20. The van der Waals surface area contributed by atoms with Gasteiger partial charge in [0.15, 0.2) is 0 Å². The number of carbonyl (C=O) groups excluding carboxylic acids is 1. The Hall–Kier alpha value is -1.81. The van der Waals surface area contributed by atoms with Gasteiger partial charge in [-0.15, -0.1) is 0 Å². The molecule has 5 heteroatoms. The Balaban J connectivity index is 2.77. The second kappa shape index (κ2) is 6.57. The molecule has 0 aliphatic rings. The average Bonchev–Trinajstić information content (AvgIpc) is 2.39. The Morgan fingerprint density at radius 1 is 1.45 bits per heavy atom. The highest BCUT2D eigenvalue weighted by atomic mass is 35.5. The van der Waals surface area contributed by atoms with Gasteiger partial charge >= 0.3 is 5.97 Å². The number of carbonyl (C=O) groups is 2. The predicted octanol–water partition coefficient (Wildman–Crippen LogP) is 3.03. The molecule has 0 aliphatic carbocycles. The van der Waals surface area contributed by atoms with Gasteiger partial charge in [-0.2, -0.15) is 0 Å². The molecule has 0 saturated carbocycles. The van der Waals surface area contributed by atoms with E-state index in [0.717, 1.165) is 11.1 Å². The molecule has 1 unspecified atom stereocenters. The van der Waals surface area contributed by atoms with Gasteiger partial charge in [-0.05, 0) is 43.5 Å². The molecule has 108 valence electrons. The fourth-order valence-electron chi connectivity index (χ4n) is 1.49. The molecule has 1 aromatic rings. The normalized spacial score (nSPS) is 14.0. The van der Waals surface area contributed by atoms with Crippen molar-refractivity contribution in [2.75, 3.05) is 0 Å². The smallest absolute Gasteiger partial charge is 0.329 e. The van der Waals surface area contributed by atoms with E-state index in [4.69, 9.17) is 16.7 Å². The van der Waals surface area contributed by atoms with E-state index in [0.29, 0.717) is 11.4 Å². The number of amides is 1. The fourth-order valence-corrected chi connectivity index (χ4v) is 1.68. The van der Waals surface area contributed by atoms with Crippen LogP contribution in [-0.2, 0) is 9.59 Å². The van der Waals surface area contributed by atoms with Gasteiger partial charge in [-0.1, -0.05) is 30.7 Å². The van der Waals surface area contributed by atoms with E-state index in [1.807, 2.05) is 19.1 Å². The highest BCUT2D eigenvalue weighted by Gasteiger charge is 2.31. The maximum absolute atomic E-state index is 11.8. The Labute approximate surface area is 123 Å². The van der Waals surface area contributed by atoms with Gasteiger partial charge in [0.05, 0.1) is 0 Å². The fraction of sp³-hybridized carbons (Fsp3) is 0.333. The zero-order valence-electron chi connectivity index (χ0n) is 11.7. The number of aliphatic carboxylic acids is 1. The number of rotatable bonds is 5. The molecule has 0 heterocycles. The van der Waals surface area contributed by atoms with E-state index in [1.54, 1.807) is 19.1 Å². The number of hydrogen-bond donors (Lipinski definition) is 2. The molecule has 0 fully saturated rings. The first-order valence-electron chi connectivity index (χ1n) is 6.28. The van der Waals surface area contributed by atoms with Crippen molar-refractivity contribution in [3.05, 3.63) is 40.4 Å². The third kappa shape index (κ3) is 4.10. The van der Waals surface area contributed by atoms with Crippen molar-refractivity contribution in [2.24, 2.45) is 0 Å². The first-order valence-corrected chi connectivity index (χ1v) is 6.66. The van der Waals surface area contributed by atoms with E-state index in [9.17, 15) is 9.59 Å². The van der Waals surface area contributed by atoms with E-state index in [-0.39, 0.29) is 0 Å². The zero-order chi connectivity index (χ0) is 15.3. The Morgan fingerprint density at radius 3 is 2.60 bits per heavy atom. The summed E-state index contributed by atoms with van der Waals surface area (Å²) in [6.07, 6.45) is 3.20. The van der Waals surface area contributed by atoms with Gasteiger partial charge in [0, 0.05) is 11.1 Å².